The Morgan fingerprint density at radius 2 is 1.86 bits per heavy atom. The predicted octanol–water partition coefficient (Wildman–Crippen LogP) is 4.25. The third-order valence-electron chi connectivity index (χ3n) is 4.40. The number of phenols is 1. The minimum absolute atomic E-state index is 0.153. The summed E-state index contributed by atoms with van der Waals surface area (Å²) in [6.07, 6.45) is -1.43. The first-order chi connectivity index (χ1) is 13.1. The lowest BCUT2D eigenvalue weighted by Gasteiger charge is -2.23. The van der Waals surface area contributed by atoms with Crippen LogP contribution in [0.2, 0.25) is 0 Å². The molecule has 0 atom stereocenters. The van der Waals surface area contributed by atoms with Crippen LogP contribution in [0.15, 0.2) is 36.7 Å². The number of aromatic nitrogens is 3. The summed E-state index contributed by atoms with van der Waals surface area (Å²) in [7, 11) is 1.60. The van der Waals surface area contributed by atoms with E-state index in [0.717, 1.165) is 6.07 Å². The molecule has 0 bridgehead atoms. The van der Waals surface area contributed by atoms with Crippen molar-refractivity contribution in [3.05, 3.63) is 42.2 Å². The summed E-state index contributed by atoms with van der Waals surface area (Å²) in [5, 5.41) is 22.8. The van der Waals surface area contributed by atoms with Crippen LogP contribution in [-0.2, 0) is 10.9 Å². The Bertz CT molecular complexity index is 1010. The molecule has 3 rings (SSSR count). The van der Waals surface area contributed by atoms with Crippen molar-refractivity contribution in [2.75, 3.05) is 19.0 Å². The van der Waals surface area contributed by atoms with Crippen LogP contribution >= 0.6 is 0 Å². The van der Waals surface area contributed by atoms with Crippen LogP contribution in [0.1, 0.15) is 19.4 Å². The van der Waals surface area contributed by atoms with Gasteiger partial charge in [0, 0.05) is 42.4 Å². The third-order valence-corrected chi connectivity index (χ3v) is 4.40. The van der Waals surface area contributed by atoms with Crippen molar-refractivity contribution in [1.29, 1.82) is 0 Å². The van der Waals surface area contributed by atoms with Gasteiger partial charge in [-0.1, -0.05) is 0 Å². The van der Waals surface area contributed by atoms with Gasteiger partial charge in [-0.2, -0.15) is 13.2 Å². The largest absolute Gasteiger partial charge is 0.507 e. The summed E-state index contributed by atoms with van der Waals surface area (Å²) in [6, 6.07) is 4.43. The number of hydrogen-bond donors (Lipinski definition) is 2. The molecule has 2 N–H and O–H groups in total. The normalized spacial score (nSPS) is 12.4. The molecule has 0 aliphatic heterocycles. The monoisotopic (exact) mass is 392 g/mol. The minimum Gasteiger partial charge on any atom is -0.507 e. The number of aromatic hydroxyl groups is 1. The van der Waals surface area contributed by atoms with Gasteiger partial charge in [0.25, 0.3) is 0 Å². The summed E-state index contributed by atoms with van der Waals surface area (Å²) < 4.78 is 43.9. The number of alkyl halides is 3. The fourth-order valence-electron chi connectivity index (χ4n) is 2.60. The molecule has 28 heavy (non-hydrogen) atoms. The van der Waals surface area contributed by atoms with Crippen molar-refractivity contribution in [3.8, 4) is 17.0 Å². The fraction of sp³-hybridized carbons (Fsp3) is 0.316. The first kappa shape index (κ1) is 19.8. The molecule has 9 heteroatoms. The van der Waals surface area contributed by atoms with Gasteiger partial charge in [0.05, 0.1) is 11.2 Å². The zero-order valence-electron chi connectivity index (χ0n) is 15.5. The number of methoxy groups -OCH3 is 1. The Labute approximate surface area is 159 Å². The van der Waals surface area contributed by atoms with E-state index in [1.54, 1.807) is 19.4 Å². The second kappa shape index (κ2) is 7.23. The van der Waals surface area contributed by atoms with Crippen molar-refractivity contribution in [2.24, 2.45) is 0 Å². The average molecular weight is 392 g/mol. The Hall–Kier alpha value is -2.94. The van der Waals surface area contributed by atoms with Crippen molar-refractivity contribution in [3.63, 3.8) is 0 Å². The van der Waals surface area contributed by atoms with Gasteiger partial charge < -0.3 is 15.2 Å². The molecule has 6 nitrogen and oxygen atoms in total. The van der Waals surface area contributed by atoms with E-state index in [1.807, 2.05) is 13.8 Å². The van der Waals surface area contributed by atoms with Crippen molar-refractivity contribution < 1.29 is 23.0 Å². The molecule has 1 aromatic carbocycles. The molecule has 0 radical (unpaired) electrons. The molecule has 3 aromatic rings. The first-order valence-electron chi connectivity index (χ1n) is 8.42. The Balaban J connectivity index is 2.06. The van der Waals surface area contributed by atoms with Gasteiger partial charge in [0.15, 0.2) is 5.82 Å². The predicted molar refractivity (Wildman–Crippen MR) is 99.0 cm³/mol. The van der Waals surface area contributed by atoms with E-state index in [0.29, 0.717) is 29.2 Å². The molecule has 2 heterocycles. The minimum atomic E-state index is -4.55. The Morgan fingerprint density at radius 1 is 1.11 bits per heavy atom. The number of pyridine rings is 1. The van der Waals surface area contributed by atoms with Gasteiger partial charge in [-0.05, 0) is 38.1 Å². The topological polar surface area (TPSA) is 80.2 Å². The molecule has 0 aliphatic rings. The highest BCUT2D eigenvalue weighted by Crippen LogP contribution is 2.38. The SMILES string of the molecule is COC(C)(C)CNc1nnc(-c2ccc(C(F)(F)F)cc2O)c2ccncc12. The van der Waals surface area contributed by atoms with E-state index in [9.17, 15) is 18.3 Å². The van der Waals surface area contributed by atoms with Crippen LogP contribution in [0.4, 0.5) is 19.0 Å². The maximum atomic E-state index is 12.9. The number of halogens is 3. The van der Waals surface area contributed by atoms with Gasteiger partial charge in [-0.25, -0.2) is 0 Å². The van der Waals surface area contributed by atoms with E-state index < -0.39 is 23.1 Å². The number of anilines is 1. The number of fused-ring (bicyclic) bond motifs is 1. The van der Waals surface area contributed by atoms with E-state index in [2.05, 4.69) is 20.5 Å². The van der Waals surface area contributed by atoms with Gasteiger partial charge in [-0.3, -0.25) is 4.98 Å². The number of ether oxygens (including phenoxy) is 1. The summed E-state index contributed by atoms with van der Waals surface area (Å²) in [4.78, 5) is 4.09. The highest BCUT2D eigenvalue weighted by molar-refractivity contribution is 6.00. The Morgan fingerprint density at radius 3 is 2.50 bits per heavy atom. The molecule has 0 spiro atoms. The number of nitrogens with one attached hydrogen (secondary N) is 1. The standard InChI is InChI=1S/C19H19F3N4O2/c1-18(2,28-3)10-24-17-14-9-23-7-6-12(14)16(25-26-17)13-5-4-11(8-15(13)27)19(20,21)22/h4-9,27H,10H2,1-3H3,(H,24,26). The van der Waals surface area contributed by atoms with Gasteiger partial charge in [0.2, 0.25) is 0 Å². The molecule has 0 amide bonds. The van der Waals surface area contributed by atoms with Crippen LogP contribution in [0.25, 0.3) is 22.0 Å². The smallest absolute Gasteiger partial charge is 0.416 e. The van der Waals surface area contributed by atoms with Crippen molar-refractivity contribution in [2.45, 2.75) is 25.6 Å². The molecular formula is C19H19F3N4O2. The zero-order chi connectivity index (χ0) is 20.5. The first-order valence-corrected chi connectivity index (χ1v) is 8.42. The van der Waals surface area contributed by atoms with Crippen molar-refractivity contribution in [1.82, 2.24) is 15.2 Å². The summed E-state index contributed by atoms with van der Waals surface area (Å²) >= 11 is 0. The lowest BCUT2D eigenvalue weighted by molar-refractivity contribution is -0.137. The van der Waals surface area contributed by atoms with Crippen LogP contribution in [0, 0.1) is 0 Å². The van der Waals surface area contributed by atoms with E-state index in [-0.39, 0.29) is 11.3 Å². The summed E-state index contributed by atoms with van der Waals surface area (Å²) in [5.74, 6) is -0.0631. The molecule has 0 saturated carbocycles. The molecule has 2 aromatic heterocycles. The van der Waals surface area contributed by atoms with E-state index in [4.69, 9.17) is 4.74 Å². The zero-order valence-corrected chi connectivity index (χ0v) is 15.5. The molecule has 0 fully saturated rings. The van der Waals surface area contributed by atoms with Crippen LogP contribution < -0.4 is 5.32 Å². The van der Waals surface area contributed by atoms with Crippen LogP contribution in [0.5, 0.6) is 5.75 Å². The maximum absolute atomic E-state index is 12.9. The Kier molecular flexibility index (Phi) is 5.12. The highest BCUT2D eigenvalue weighted by atomic mass is 19.4. The number of benzene rings is 1. The molecular weight excluding hydrogens is 373 g/mol. The molecule has 148 valence electrons. The molecule has 0 aliphatic carbocycles. The maximum Gasteiger partial charge on any atom is 0.416 e. The van der Waals surface area contributed by atoms with Gasteiger partial charge in [-0.15, -0.1) is 10.2 Å². The second-order valence-corrected chi connectivity index (χ2v) is 6.87. The second-order valence-electron chi connectivity index (χ2n) is 6.87. The summed E-state index contributed by atoms with van der Waals surface area (Å²) in [5.41, 5.74) is -0.964. The average Bonchev–Trinajstić information content (AvgIpc) is 2.65. The number of nitrogens with zero attached hydrogens (tertiary/aromatic N) is 3. The van der Waals surface area contributed by atoms with Crippen molar-refractivity contribution >= 4 is 16.6 Å². The lowest BCUT2D eigenvalue weighted by Crippen LogP contribution is -2.32. The van der Waals surface area contributed by atoms with Crippen LogP contribution in [-0.4, -0.2) is 39.5 Å². The van der Waals surface area contributed by atoms with Crippen LogP contribution in [0.3, 0.4) is 0 Å². The summed E-state index contributed by atoms with van der Waals surface area (Å²) in [6.45, 7) is 4.26. The quantitative estimate of drug-likeness (QED) is 0.676. The fourth-order valence-corrected chi connectivity index (χ4v) is 2.60. The third kappa shape index (κ3) is 3.99. The molecule has 0 unspecified atom stereocenters. The van der Waals surface area contributed by atoms with E-state index in [1.165, 1.54) is 12.3 Å². The number of rotatable bonds is 5. The van der Waals surface area contributed by atoms with E-state index >= 15 is 0 Å². The van der Waals surface area contributed by atoms with Gasteiger partial charge in [0.1, 0.15) is 11.4 Å². The lowest BCUT2D eigenvalue weighted by atomic mass is 10.0. The highest BCUT2D eigenvalue weighted by Gasteiger charge is 2.31. The number of phenolic OH excluding ortho intramolecular Hbond substituents is 1. The van der Waals surface area contributed by atoms with Gasteiger partial charge >= 0.3 is 6.18 Å². The molecule has 0 saturated heterocycles. The number of hydrogen-bond acceptors (Lipinski definition) is 6.